The molecule has 1 atom stereocenters. The summed E-state index contributed by atoms with van der Waals surface area (Å²) in [6.45, 7) is 2.04. The normalized spacial score (nSPS) is 14.2. The standard InChI is InChI=1S/C29H33N3O4/c1-21-10-5-8-15-24(21)27(29(35)31-23-13-6-7-14-23)32(18-17-22-11-3-2-4-12-22)26(33)20-30-28(34)25-16-9-19-36-25/h2-5,8-12,15-16,19,23,27H,6-7,13-14,17-18,20H2,1H3,(H,30,34)(H,31,35). The van der Waals surface area contributed by atoms with Gasteiger partial charge in [-0.3, -0.25) is 14.4 Å². The molecule has 0 aliphatic heterocycles. The molecule has 1 unspecified atom stereocenters. The minimum absolute atomic E-state index is 0.119. The zero-order valence-electron chi connectivity index (χ0n) is 20.6. The summed E-state index contributed by atoms with van der Waals surface area (Å²) in [6, 6.07) is 20.0. The van der Waals surface area contributed by atoms with Crippen LogP contribution in [0.2, 0.25) is 0 Å². The fourth-order valence-electron chi connectivity index (χ4n) is 4.74. The van der Waals surface area contributed by atoms with Crippen LogP contribution >= 0.6 is 0 Å². The highest BCUT2D eigenvalue weighted by atomic mass is 16.3. The van der Waals surface area contributed by atoms with E-state index in [1.54, 1.807) is 11.0 Å². The van der Waals surface area contributed by atoms with Crippen LogP contribution in [0.15, 0.2) is 77.4 Å². The molecule has 3 amide bonds. The lowest BCUT2D eigenvalue weighted by Crippen LogP contribution is -2.49. The van der Waals surface area contributed by atoms with Crippen LogP contribution in [0.5, 0.6) is 0 Å². The van der Waals surface area contributed by atoms with Gasteiger partial charge in [0.1, 0.15) is 6.04 Å². The van der Waals surface area contributed by atoms with E-state index in [0.29, 0.717) is 13.0 Å². The number of benzene rings is 2. The molecule has 0 spiro atoms. The third kappa shape index (κ3) is 6.42. The van der Waals surface area contributed by atoms with Gasteiger partial charge in [0.05, 0.1) is 12.8 Å². The number of nitrogens with one attached hydrogen (secondary N) is 2. The van der Waals surface area contributed by atoms with E-state index < -0.39 is 11.9 Å². The molecule has 3 aromatic rings. The number of amides is 3. The van der Waals surface area contributed by atoms with E-state index in [2.05, 4.69) is 10.6 Å². The first kappa shape index (κ1) is 25.2. The Labute approximate surface area is 211 Å². The van der Waals surface area contributed by atoms with Gasteiger partial charge in [0.25, 0.3) is 5.91 Å². The third-order valence-corrected chi connectivity index (χ3v) is 6.69. The van der Waals surface area contributed by atoms with Crippen molar-refractivity contribution in [2.24, 2.45) is 0 Å². The van der Waals surface area contributed by atoms with Crippen LogP contribution in [-0.4, -0.2) is 41.8 Å². The first-order valence-corrected chi connectivity index (χ1v) is 12.5. The number of rotatable bonds is 10. The lowest BCUT2D eigenvalue weighted by molar-refractivity contribution is -0.140. The Morgan fingerprint density at radius 1 is 0.972 bits per heavy atom. The van der Waals surface area contributed by atoms with Crippen molar-refractivity contribution in [1.29, 1.82) is 0 Å². The molecule has 1 aromatic heterocycles. The highest BCUT2D eigenvalue weighted by molar-refractivity contribution is 5.95. The predicted molar refractivity (Wildman–Crippen MR) is 137 cm³/mol. The first-order valence-electron chi connectivity index (χ1n) is 12.5. The summed E-state index contributed by atoms with van der Waals surface area (Å²) in [4.78, 5) is 41.3. The van der Waals surface area contributed by atoms with Crippen molar-refractivity contribution in [2.45, 2.75) is 51.1 Å². The van der Waals surface area contributed by atoms with E-state index in [9.17, 15) is 14.4 Å². The van der Waals surface area contributed by atoms with Gasteiger partial charge >= 0.3 is 0 Å². The van der Waals surface area contributed by atoms with Gasteiger partial charge in [-0.1, -0.05) is 67.4 Å². The van der Waals surface area contributed by atoms with Crippen molar-refractivity contribution in [3.63, 3.8) is 0 Å². The molecule has 2 aromatic carbocycles. The van der Waals surface area contributed by atoms with Crippen molar-refractivity contribution in [2.75, 3.05) is 13.1 Å². The van der Waals surface area contributed by atoms with E-state index in [1.165, 1.54) is 12.3 Å². The molecule has 4 rings (SSSR count). The Hall–Kier alpha value is -3.87. The number of carbonyl (C=O) groups is 3. The van der Waals surface area contributed by atoms with E-state index in [-0.39, 0.29) is 30.2 Å². The number of carbonyl (C=O) groups excluding carboxylic acids is 3. The molecule has 7 nitrogen and oxygen atoms in total. The molecule has 188 valence electrons. The number of hydrogen-bond acceptors (Lipinski definition) is 4. The largest absolute Gasteiger partial charge is 0.459 e. The van der Waals surface area contributed by atoms with Gasteiger partial charge in [-0.05, 0) is 55.0 Å². The van der Waals surface area contributed by atoms with Gasteiger partial charge in [0, 0.05) is 12.6 Å². The van der Waals surface area contributed by atoms with Crippen LogP contribution < -0.4 is 10.6 Å². The summed E-state index contributed by atoms with van der Waals surface area (Å²) in [5, 5.41) is 5.83. The van der Waals surface area contributed by atoms with Crippen LogP contribution in [0.4, 0.5) is 0 Å². The Bertz CT molecular complexity index is 1150. The molecule has 2 N–H and O–H groups in total. The molecule has 0 saturated heterocycles. The minimum atomic E-state index is -0.802. The van der Waals surface area contributed by atoms with Crippen molar-refractivity contribution in [3.05, 3.63) is 95.4 Å². The lowest BCUT2D eigenvalue weighted by Gasteiger charge is -2.33. The maximum atomic E-state index is 13.7. The molecule has 0 radical (unpaired) electrons. The lowest BCUT2D eigenvalue weighted by atomic mass is 9.97. The Balaban J connectivity index is 1.60. The molecule has 7 heteroatoms. The van der Waals surface area contributed by atoms with Crippen LogP contribution in [0.25, 0.3) is 0 Å². The zero-order valence-corrected chi connectivity index (χ0v) is 20.6. The average Bonchev–Trinajstić information content (AvgIpc) is 3.61. The Morgan fingerprint density at radius 3 is 2.39 bits per heavy atom. The van der Waals surface area contributed by atoms with Crippen LogP contribution in [-0.2, 0) is 16.0 Å². The smallest absolute Gasteiger partial charge is 0.287 e. The van der Waals surface area contributed by atoms with E-state index in [1.807, 2.05) is 61.5 Å². The molecule has 1 aliphatic rings. The summed E-state index contributed by atoms with van der Waals surface area (Å²) < 4.78 is 5.14. The van der Waals surface area contributed by atoms with Gasteiger partial charge in [-0.25, -0.2) is 0 Å². The maximum absolute atomic E-state index is 13.7. The monoisotopic (exact) mass is 487 g/mol. The summed E-state index contributed by atoms with van der Waals surface area (Å²) in [7, 11) is 0. The molecule has 1 fully saturated rings. The van der Waals surface area contributed by atoms with Crippen molar-refractivity contribution < 1.29 is 18.8 Å². The quantitative estimate of drug-likeness (QED) is 0.449. The van der Waals surface area contributed by atoms with Crippen LogP contribution in [0, 0.1) is 6.92 Å². The molecule has 1 heterocycles. The predicted octanol–water partition coefficient (Wildman–Crippen LogP) is 4.19. The highest BCUT2D eigenvalue weighted by Gasteiger charge is 2.34. The molecule has 0 bridgehead atoms. The van der Waals surface area contributed by atoms with Crippen LogP contribution in [0.1, 0.15) is 59.0 Å². The van der Waals surface area contributed by atoms with Gasteiger partial charge in [0.2, 0.25) is 11.8 Å². The topological polar surface area (TPSA) is 91.7 Å². The Morgan fingerprint density at radius 2 is 1.69 bits per heavy atom. The van der Waals surface area contributed by atoms with Gasteiger partial charge < -0.3 is 20.0 Å². The van der Waals surface area contributed by atoms with Gasteiger partial charge in [-0.2, -0.15) is 0 Å². The third-order valence-electron chi connectivity index (χ3n) is 6.69. The van der Waals surface area contributed by atoms with E-state index in [0.717, 1.165) is 42.4 Å². The molecular formula is C29H33N3O4. The number of hydrogen-bond donors (Lipinski definition) is 2. The van der Waals surface area contributed by atoms with Crippen molar-refractivity contribution in [1.82, 2.24) is 15.5 Å². The number of aryl methyl sites for hydroxylation is 1. The Kier molecular flexibility index (Phi) is 8.55. The molecule has 36 heavy (non-hydrogen) atoms. The second-order valence-electron chi connectivity index (χ2n) is 9.23. The van der Waals surface area contributed by atoms with E-state index >= 15 is 0 Å². The molecular weight excluding hydrogens is 454 g/mol. The summed E-state index contributed by atoms with van der Waals surface area (Å²) in [5.74, 6) is -0.858. The minimum Gasteiger partial charge on any atom is -0.459 e. The van der Waals surface area contributed by atoms with E-state index in [4.69, 9.17) is 4.42 Å². The SMILES string of the molecule is Cc1ccccc1C(C(=O)NC1CCCC1)N(CCc1ccccc1)C(=O)CNC(=O)c1ccco1. The number of nitrogens with zero attached hydrogens (tertiary/aromatic N) is 1. The molecule has 1 saturated carbocycles. The summed E-state index contributed by atoms with van der Waals surface area (Å²) in [5.41, 5.74) is 2.78. The average molecular weight is 488 g/mol. The summed E-state index contributed by atoms with van der Waals surface area (Å²) >= 11 is 0. The van der Waals surface area contributed by atoms with Crippen molar-refractivity contribution >= 4 is 17.7 Å². The second-order valence-corrected chi connectivity index (χ2v) is 9.23. The van der Waals surface area contributed by atoms with Crippen molar-refractivity contribution in [3.8, 4) is 0 Å². The molecule has 1 aliphatic carbocycles. The number of furan rings is 1. The van der Waals surface area contributed by atoms with Gasteiger partial charge in [-0.15, -0.1) is 0 Å². The summed E-state index contributed by atoms with van der Waals surface area (Å²) in [6.07, 6.45) is 6.07. The fourth-order valence-corrected chi connectivity index (χ4v) is 4.74. The van der Waals surface area contributed by atoms with Gasteiger partial charge in [0.15, 0.2) is 5.76 Å². The van der Waals surface area contributed by atoms with Crippen LogP contribution in [0.3, 0.4) is 0 Å². The highest BCUT2D eigenvalue weighted by Crippen LogP contribution is 2.27. The maximum Gasteiger partial charge on any atom is 0.287 e. The zero-order chi connectivity index (χ0) is 25.3. The second kappa shape index (κ2) is 12.2. The first-order chi connectivity index (χ1) is 17.5. The fraction of sp³-hybridized carbons (Fsp3) is 0.345.